The topological polar surface area (TPSA) is 58.8 Å². The zero-order valence-electron chi connectivity index (χ0n) is 16.2. The fraction of sp³-hybridized carbons (Fsp3) is 0.500. The largest absolute Gasteiger partial charge is 0.497 e. The van der Waals surface area contributed by atoms with E-state index in [1.165, 1.54) is 0 Å². The van der Waals surface area contributed by atoms with E-state index in [9.17, 15) is 4.79 Å². The molecule has 0 spiro atoms. The number of methoxy groups -OCH3 is 1. The maximum absolute atomic E-state index is 13.1. The lowest BCUT2D eigenvalue weighted by atomic mass is 9.88. The number of rotatable bonds is 3. The minimum absolute atomic E-state index is 0.0167. The zero-order valence-corrected chi connectivity index (χ0v) is 16.2. The summed E-state index contributed by atoms with van der Waals surface area (Å²) in [7, 11) is 1.66. The quantitative estimate of drug-likeness (QED) is 0.844. The third kappa shape index (κ3) is 3.54. The molecule has 0 saturated carbocycles. The Kier molecular flexibility index (Phi) is 4.94. The van der Waals surface area contributed by atoms with E-state index in [0.717, 1.165) is 30.2 Å². The molecule has 0 aliphatic carbocycles. The number of piperazine rings is 1. The van der Waals surface area contributed by atoms with E-state index < -0.39 is 0 Å². The van der Waals surface area contributed by atoms with E-state index >= 15 is 0 Å². The molecule has 1 aliphatic rings. The first-order valence-electron chi connectivity index (χ1n) is 8.96. The van der Waals surface area contributed by atoms with Crippen LogP contribution in [0.2, 0.25) is 0 Å². The summed E-state index contributed by atoms with van der Waals surface area (Å²) in [5.74, 6) is 1.46. The maximum Gasteiger partial charge on any atom is 0.259 e. The number of ether oxygens (including phenoxy) is 1. The Morgan fingerprint density at radius 1 is 1.12 bits per heavy atom. The van der Waals surface area contributed by atoms with Gasteiger partial charge in [0.1, 0.15) is 22.8 Å². The van der Waals surface area contributed by atoms with Gasteiger partial charge in [0.25, 0.3) is 5.91 Å². The second kappa shape index (κ2) is 7.02. The third-order valence-corrected chi connectivity index (χ3v) is 4.79. The first-order valence-corrected chi connectivity index (χ1v) is 8.96. The minimum atomic E-state index is -0.229. The predicted molar refractivity (Wildman–Crippen MR) is 101 cm³/mol. The normalized spacial score (nSPS) is 15.3. The maximum atomic E-state index is 13.1. The van der Waals surface area contributed by atoms with Gasteiger partial charge in [-0.3, -0.25) is 4.79 Å². The number of carbonyl (C=O) groups excluding carboxylic acids is 1. The average Bonchev–Trinajstić information content (AvgIpc) is 3.03. The van der Waals surface area contributed by atoms with Crippen molar-refractivity contribution in [2.45, 2.75) is 33.1 Å². The Balaban J connectivity index is 1.70. The van der Waals surface area contributed by atoms with Crippen LogP contribution in [0.25, 0.3) is 0 Å². The van der Waals surface area contributed by atoms with Crippen molar-refractivity contribution in [1.82, 2.24) is 10.1 Å². The summed E-state index contributed by atoms with van der Waals surface area (Å²) in [6, 6.07) is 8.03. The molecule has 6 nitrogen and oxygen atoms in total. The Bertz CT molecular complexity index is 767. The number of aryl methyl sites for hydroxylation is 1. The van der Waals surface area contributed by atoms with Gasteiger partial charge in [0.05, 0.1) is 7.11 Å². The SMILES string of the molecule is COc1ccc(N2CCN(C(=O)c3c(C(C)(C)C)noc3C)CC2)cc1. The summed E-state index contributed by atoms with van der Waals surface area (Å²) in [5, 5.41) is 4.14. The molecule has 26 heavy (non-hydrogen) atoms. The molecule has 6 heteroatoms. The first-order chi connectivity index (χ1) is 12.3. The standard InChI is InChI=1S/C20H27N3O3/c1-14-17(18(21-26-14)20(2,3)4)19(24)23-12-10-22(11-13-23)15-6-8-16(25-5)9-7-15/h6-9H,10-13H2,1-5H3. The highest BCUT2D eigenvalue weighted by Gasteiger charge is 2.32. The van der Waals surface area contributed by atoms with Crippen LogP contribution in [-0.4, -0.2) is 49.3 Å². The van der Waals surface area contributed by atoms with E-state index in [0.29, 0.717) is 24.4 Å². The van der Waals surface area contributed by atoms with Crippen molar-refractivity contribution in [3.05, 3.63) is 41.3 Å². The lowest BCUT2D eigenvalue weighted by molar-refractivity contribution is 0.0743. The predicted octanol–water partition coefficient (Wildman–Crippen LogP) is 3.25. The molecule has 1 aromatic carbocycles. The van der Waals surface area contributed by atoms with Crippen LogP contribution in [-0.2, 0) is 5.41 Å². The Labute approximate surface area is 154 Å². The highest BCUT2D eigenvalue weighted by molar-refractivity contribution is 5.96. The first kappa shape index (κ1) is 18.3. The van der Waals surface area contributed by atoms with Crippen LogP contribution in [0.1, 0.15) is 42.6 Å². The second-order valence-corrected chi connectivity index (χ2v) is 7.69. The summed E-state index contributed by atoms with van der Waals surface area (Å²) in [4.78, 5) is 17.3. The highest BCUT2D eigenvalue weighted by atomic mass is 16.5. The molecule has 0 unspecified atom stereocenters. The van der Waals surface area contributed by atoms with Gasteiger partial charge >= 0.3 is 0 Å². The van der Waals surface area contributed by atoms with Gasteiger partial charge in [-0.2, -0.15) is 0 Å². The van der Waals surface area contributed by atoms with Crippen molar-refractivity contribution in [3.63, 3.8) is 0 Å². The van der Waals surface area contributed by atoms with Crippen LogP contribution in [0.3, 0.4) is 0 Å². The van der Waals surface area contributed by atoms with Crippen molar-refractivity contribution in [2.75, 3.05) is 38.2 Å². The molecule has 1 saturated heterocycles. The van der Waals surface area contributed by atoms with E-state index in [1.54, 1.807) is 7.11 Å². The molecule has 1 aliphatic heterocycles. The fourth-order valence-corrected chi connectivity index (χ4v) is 3.25. The molecule has 0 N–H and O–H groups in total. The van der Waals surface area contributed by atoms with Crippen LogP contribution >= 0.6 is 0 Å². The van der Waals surface area contributed by atoms with Gasteiger partial charge in [0.2, 0.25) is 0 Å². The number of hydrogen-bond donors (Lipinski definition) is 0. The molecule has 3 rings (SSSR count). The summed E-state index contributed by atoms with van der Waals surface area (Å²) < 4.78 is 10.5. The lowest BCUT2D eigenvalue weighted by Gasteiger charge is -2.36. The lowest BCUT2D eigenvalue weighted by Crippen LogP contribution is -2.49. The van der Waals surface area contributed by atoms with Gasteiger partial charge in [-0.25, -0.2) is 0 Å². The van der Waals surface area contributed by atoms with Crippen molar-refractivity contribution in [1.29, 1.82) is 0 Å². The van der Waals surface area contributed by atoms with Gasteiger partial charge in [0, 0.05) is 37.3 Å². The van der Waals surface area contributed by atoms with Crippen LogP contribution in [0, 0.1) is 6.92 Å². The van der Waals surface area contributed by atoms with Crippen LogP contribution < -0.4 is 9.64 Å². The highest BCUT2D eigenvalue weighted by Crippen LogP contribution is 2.28. The average molecular weight is 357 g/mol. The third-order valence-electron chi connectivity index (χ3n) is 4.79. The monoisotopic (exact) mass is 357 g/mol. The second-order valence-electron chi connectivity index (χ2n) is 7.69. The molecule has 0 radical (unpaired) electrons. The molecule has 1 fully saturated rings. The molecule has 1 aromatic heterocycles. The van der Waals surface area contributed by atoms with E-state index in [-0.39, 0.29) is 11.3 Å². The molecule has 2 aromatic rings. The summed E-state index contributed by atoms with van der Waals surface area (Å²) in [5.41, 5.74) is 2.27. The van der Waals surface area contributed by atoms with Gasteiger partial charge in [-0.15, -0.1) is 0 Å². The molecule has 0 bridgehead atoms. The van der Waals surface area contributed by atoms with Crippen molar-refractivity contribution in [3.8, 4) is 5.75 Å². The number of hydrogen-bond acceptors (Lipinski definition) is 5. The zero-order chi connectivity index (χ0) is 18.9. The Morgan fingerprint density at radius 3 is 2.27 bits per heavy atom. The Hall–Kier alpha value is -2.50. The van der Waals surface area contributed by atoms with E-state index in [4.69, 9.17) is 9.26 Å². The number of anilines is 1. The summed E-state index contributed by atoms with van der Waals surface area (Å²) in [6.07, 6.45) is 0. The number of benzene rings is 1. The van der Waals surface area contributed by atoms with E-state index in [1.807, 2.05) is 44.7 Å². The smallest absolute Gasteiger partial charge is 0.259 e. The van der Waals surface area contributed by atoms with Crippen LogP contribution in [0.15, 0.2) is 28.8 Å². The molecular formula is C20H27N3O3. The van der Waals surface area contributed by atoms with Crippen molar-refractivity contribution < 1.29 is 14.1 Å². The van der Waals surface area contributed by atoms with Crippen LogP contribution in [0.5, 0.6) is 5.75 Å². The van der Waals surface area contributed by atoms with Crippen molar-refractivity contribution >= 4 is 11.6 Å². The van der Waals surface area contributed by atoms with Gasteiger partial charge in [-0.05, 0) is 31.2 Å². The molecule has 140 valence electrons. The van der Waals surface area contributed by atoms with Gasteiger partial charge < -0.3 is 19.1 Å². The molecular weight excluding hydrogens is 330 g/mol. The Morgan fingerprint density at radius 2 is 1.73 bits per heavy atom. The minimum Gasteiger partial charge on any atom is -0.497 e. The van der Waals surface area contributed by atoms with Gasteiger partial charge in [0.15, 0.2) is 0 Å². The van der Waals surface area contributed by atoms with Gasteiger partial charge in [-0.1, -0.05) is 25.9 Å². The molecule has 2 heterocycles. The van der Waals surface area contributed by atoms with Crippen molar-refractivity contribution in [2.24, 2.45) is 0 Å². The summed E-state index contributed by atoms with van der Waals surface area (Å²) >= 11 is 0. The number of carbonyl (C=O) groups is 1. The molecule has 0 atom stereocenters. The fourth-order valence-electron chi connectivity index (χ4n) is 3.25. The number of amides is 1. The number of aromatic nitrogens is 1. The molecule has 1 amide bonds. The van der Waals surface area contributed by atoms with E-state index in [2.05, 4.69) is 22.2 Å². The number of nitrogens with zero attached hydrogens (tertiary/aromatic N) is 3. The summed E-state index contributed by atoms with van der Waals surface area (Å²) in [6.45, 7) is 10.9. The van der Waals surface area contributed by atoms with Crippen LogP contribution in [0.4, 0.5) is 5.69 Å².